The fourth-order valence-corrected chi connectivity index (χ4v) is 2.14. The Hall–Kier alpha value is -0.610. The average Bonchev–Trinajstić information content (AvgIpc) is 2.28. The molecular weight excluding hydrogens is 206 g/mol. The maximum absolute atomic E-state index is 4.22. The van der Waals surface area contributed by atoms with Gasteiger partial charge in [-0.2, -0.15) is 0 Å². The first-order valence-corrected chi connectivity index (χ1v) is 6.43. The number of rotatable bonds is 7. The van der Waals surface area contributed by atoms with Gasteiger partial charge >= 0.3 is 0 Å². The second-order valence-electron chi connectivity index (χ2n) is 3.54. The predicted molar refractivity (Wildman–Crippen MR) is 65.1 cm³/mol. The van der Waals surface area contributed by atoms with Crippen molar-refractivity contribution < 1.29 is 0 Å². The molecule has 1 heterocycles. The van der Waals surface area contributed by atoms with Crippen LogP contribution in [0.3, 0.4) is 0 Å². The third-order valence-electron chi connectivity index (χ3n) is 2.08. The smallest absolute Gasteiger partial charge is 0.114 e. The molecule has 1 aromatic rings. The van der Waals surface area contributed by atoms with E-state index in [9.17, 15) is 0 Å². The predicted octanol–water partition coefficient (Wildman–Crippen LogP) is 2.35. The van der Waals surface area contributed by atoms with E-state index in [1.165, 1.54) is 12.8 Å². The van der Waals surface area contributed by atoms with Crippen molar-refractivity contribution in [2.24, 2.45) is 0 Å². The Bertz CT molecular complexity index is 253. The summed E-state index contributed by atoms with van der Waals surface area (Å²) in [5, 5.41) is 4.48. The molecule has 1 atom stereocenters. The zero-order valence-corrected chi connectivity index (χ0v) is 10.3. The molecule has 0 saturated carbocycles. The Balaban J connectivity index is 2.11. The molecule has 3 nitrogen and oxygen atoms in total. The second-order valence-corrected chi connectivity index (χ2v) is 4.65. The zero-order chi connectivity index (χ0) is 10.9. The lowest BCUT2D eigenvalue weighted by atomic mass is 10.2. The highest BCUT2D eigenvalue weighted by atomic mass is 32.2. The molecule has 0 aliphatic heterocycles. The van der Waals surface area contributed by atoms with E-state index < -0.39 is 0 Å². The maximum Gasteiger partial charge on any atom is 0.114 e. The molecule has 0 aliphatic carbocycles. The summed E-state index contributed by atoms with van der Waals surface area (Å²) in [7, 11) is 0. The summed E-state index contributed by atoms with van der Waals surface area (Å²) in [5.41, 5.74) is 0. The van der Waals surface area contributed by atoms with Gasteiger partial charge in [0, 0.05) is 24.2 Å². The molecular formula is C11H19N3S. The Morgan fingerprint density at radius 2 is 2.33 bits per heavy atom. The molecule has 1 rings (SSSR count). The molecule has 0 spiro atoms. The molecule has 0 aliphatic rings. The Morgan fingerprint density at radius 1 is 1.47 bits per heavy atom. The molecule has 84 valence electrons. The van der Waals surface area contributed by atoms with Gasteiger partial charge in [0.2, 0.25) is 0 Å². The van der Waals surface area contributed by atoms with E-state index in [-0.39, 0.29) is 0 Å². The first-order valence-electron chi connectivity index (χ1n) is 5.45. The third kappa shape index (κ3) is 5.74. The topological polar surface area (TPSA) is 37.8 Å². The summed E-state index contributed by atoms with van der Waals surface area (Å²) in [5.74, 6) is 1.09. The van der Waals surface area contributed by atoms with E-state index in [2.05, 4.69) is 29.1 Å². The Kier molecular flexibility index (Phi) is 6.36. The van der Waals surface area contributed by atoms with Crippen molar-refractivity contribution in [1.29, 1.82) is 0 Å². The van der Waals surface area contributed by atoms with Crippen molar-refractivity contribution >= 4 is 11.8 Å². The number of nitrogens with zero attached hydrogens (tertiary/aromatic N) is 2. The largest absolute Gasteiger partial charge is 0.314 e. The van der Waals surface area contributed by atoms with E-state index in [1.807, 2.05) is 6.20 Å². The number of thioether (sulfide) groups is 1. The fraction of sp³-hybridized carbons (Fsp3) is 0.636. The van der Waals surface area contributed by atoms with Crippen molar-refractivity contribution in [1.82, 2.24) is 15.3 Å². The molecule has 1 aromatic heterocycles. The van der Waals surface area contributed by atoms with Crippen LogP contribution in [-0.2, 0) is 0 Å². The second kappa shape index (κ2) is 7.65. The number of aromatic nitrogens is 2. The fourth-order valence-electron chi connectivity index (χ4n) is 1.19. The molecule has 4 heteroatoms. The van der Waals surface area contributed by atoms with Gasteiger partial charge in [-0.3, -0.25) is 4.98 Å². The summed E-state index contributed by atoms with van der Waals surface area (Å²) in [6.45, 7) is 5.53. The summed E-state index contributed by atoms with van der Waals surface area (Å²) >= 11 is 1.77. The quantitative estimate of drug-likeness (QED) is 0.723. The van der Waals surface area contributed by atoms with Gasteiger partial charge in [0.25, 0.3) is 0 Å². The van der Waals surface area contributed by atoms with Gasteiger partial charge < -0.3 is 5.32 Å². The van der Waals surface area contributed by atoms with Gasteiger partial charge in [0.1, 0.15) is 5.03 Å². The van der Waals surface area contributed by atoms with Crippen LogP contribution in [-0.4, -0.2) is 28.3 Å². The molecule has 1 unspecified atom stereocenters. The Morgan fingerprint density at radius 3 is 3.00 bits per heavy atom. The monoisotopic (exact) mass is 225 g/mol. The van der Waals surface area contributed by atoms with Crippen molar-refractivity contribution in [3.63, 3.8) is 0 Å². The lowest BCUT2D eigenvalue weighted by Crippen LogP contribution is -2.27. The van der Waals surface area contributed by atoms with Crippen LogP contribution in [0.4, 0.5) is 0 Å². The normalized spacial score (nSPS) is 12.7. The van der Waals surface area contributed by atoms with Crippen molar-refractivity contribution in [2.45, 2.75) is 37.8 Å². The van der Waals surface area contributed by atoms with Crippen LogP contribution < -0.4 is 5.32 Å². The maximum atomic E-state index is 4.22. The van der Waals surface area contributed by atoms with Crippen LogP contribution in [0.1, 0.15) is 26.7 Å². The highest BCUT2D eigenvalue weighted by Gasteiger charge is 2.01. The molecule has 0 amide bonds. The minimum absolute atomic E-state index is 0.592. The van der Waals surface area contributed by atoms with Crippen LogP contribution >= 0.6 is 11.8 Å². The standard InChI is InChI=1S/C11H19N3S/c1-3-5-13-10(2)4-8-15-11-9-12-6-7-14-11/h6-7,9-10,13H,3-5,8H2,1-2H3. The van der Waals surface area contributed by atoms with Gasteiger partial charge in [0.15, 0.2) is 0 Å². The molecule has 0 bridgehead atoms. The summed E-state index contributed by atoms with van der Waals surface area (Å²) in [6, 6.07) is 0.592. The van der Waals surface area contributed by atoms with Gasteiger partial charge in [-0.25, -0.2) is 4.98 Å². The van der Waals surface area contributed by atoms with E-state index in [0.717, 1.165) is 17.3 Å². The van der Waals surface area contributed by atoms with Crippen LogP contribution in [0.5, 0.6) is 0 Å². The summed E-state index contributed by atoms with van der Waals surface area (Å²) in [6.07, 6.45) is 7.62. The number of hydrogen-bond donors (Lipinski definition) is 1. The van der Waals surface area contributed by atoms with Gasteiger partial charge in [0.05, 0.1) is 6.20 Å². The van der Waals surface area contributed by atoms with Gasteiger partial charge in [-0.05, 0) is 26.3 Å². The van der Waals surface area contributed by atoms with E-state index in [4.69, 9.17) is 0 Å². The van der Waals surface area contributed by atoms with Crippen LogP contribution in [0, 0.1) is 0 Å². The lowest BCUT2D eigenvalue weighted by molar-refractivity contribution is 0.536. The molecule has 0 radical (unpaired) electrons. The van der Waals surface area contributed by atoms with Crippen molar-refractivity contribution in [3.05, 3.63) is 18.6 Å². The van der Waals surface area contributed by atoms with Gasteiger partial charge in [-0.15, -0.1) is 11.8 Å². The van der Waals surface area contributed by atoms with Crippen LogP contribution in [0.25, 0.3) is 0 Å². The number of nitrogens with one attached hydrogen (secondary N) is 1. The minimum Gasteiger partial charge on any atom is -0.314 e. The van der Waals surface area contributed by atoms with Crippen LogP contribution in [0.2, 0.25) is 0 Å². The summed E-state index contributed by atoms with van der Waals surface area (Å²) in [4.78, 5) is 8.25. The SMILES string of the molecule is CCCNC(C)CCSc1cnccn1. The molecule has 15 heavy (non-hydrogen) atoms. The number of hydrogen-bond acceptors (Lipinski definition) is 4. The molecule has 0 aromatic carbocycles. The van der Waals surface area contributed by atoms with E-state index in [0.29, 0.717) is 6.04 Å². The zero-order valence-electron chi connectivity index (χ0n) is 9.44. The first kappa shape index (κ1) is 12.5. The minimum atomic E-state index is 0.592. The highest BCUT2D eigenvalue weighted by Crippen LogP contribution is 2.14. The Labute approximate surface area is 96.1 Å². The molecule has 0 saturated heterocycles. The lowest BCUT2D eigenvalue weighted by Gasteiger charge is -2.11. The average molecular weight is 225 g/mol. The van der Waals surface area contributed by atoms with Gasteiger partial charge in [-0.1, -0.05) is 6.92 Å². The van der Waals surface area contributed by atoms with Crippen molar-refractivity contribution in [2.75, 3.05) is 12.3 Å². The summed E-state index contributed by atoms with van der Waals surface area (Å²) < 4.78 is 0. The first-order chi connectivity index (χ1) is 7.33. The third-order valence-corrected chi connectivity index (χ3v) is 3.03. The van der Waals surface area contributed by atoms with E-state index in [1.54, 1.807) is 24.2 Å². The molecule has 1 N–H and O–H groups in total. The van der Waals surface area contributed by atoms with E-state index >= 15 is 0 Å². The van der Waals surface area contributed by atoms with Crippen LogP contribution in [0.15, 0.2) is 23.6 Å². The molecule has 0 fully saturated rings. The highest BCUT2D eigenvalue weighted by molar-refractivity contribution is 7.99. The van der Waals surface area contributed by atoms with Crippen molar-refractivity contribution in [3.8, 4) is 0 Å².